The first-order valence-electron chi connectivity index (χ1n) is 4.49. The molecule has 0 aliphatic heterocycles. The minimum atomic E-state index is 0.143. The SMILES string of the molecule is NC(N)=NCCCc1ccccc1Cl. The topological polar surface area (TPSA) is 64.4 Å². The van der Waals surface area contributed by atoms with Gasteiger partial charge in [0.1, 0.15) is 0 Å². The molecule has 0 saturated heterocycles. The van der Waals surface area contributed by atoms with Crippen molar-refractivity contribution < 1.29 is 0 Å². The van der Waals surface area contributed by atoms with E-state index < -0.39 is 0 Å². The molecule has 14 heavy (non-hydrogen) atoms. The van der Waals surface area contributed by atoms with Crippen LogP contribution in [0.1, 0.15) is 12.0 Å². The third-order valence-electron chi connectivity index (χ3n) is 1.86. The largest absolute Gasteiger partial charge is 0.370 e. The third kappa shape index (κ3) is 3.66. The lowest BCUT2D eigenvalue weighted by atomic mass is 10.1. The van der Waals surface area contributed by atoms with E-state index in [1.54, 1.807) is 0 Å². The number of halogens is 1. The summed E-state index contributed by atoms with van der Waals surface area (Å²) < 4.78 is 0. The van der Waals surface area contributed by atoms with E-state index in [1.165, 1.54) is 0 Å². The van der Waals surface area contributed by atoms with Crippen LogP contribution < -0.4 is 11.5 Å². The molecule has 0 heterocycles. The zero-order chi connectivity index (χ0) is 10.4. The van der Waals surface area contributed by atoms with Crippen molar-refractivity contribution in [2.24, 2.45) is 16.5 Å². The molecule has 0 aliphatic carbocycles. The second kappa shape index (κ2) is 5.50. The molecular formula is C10H14ClN3. The molecule has 0 aliphatic rings. The van der Waals surface area contributed by atoms with E-state index in [4.69, 9.17) is 23.1 Å². The molecule has 0 radical (unpaired) electrons. The van der Waals surface area contributed by atoms with Gasteiger partial charge in [-0.2, -0.15) is 0 Å². The summed E-state index contributed by atoms with van der Waals surface area (Å²) in [5.41, 5.74) is 11.5. The van der Waals surface area contributed by atoms with Crippen molar-refractivity contribution in [3.8, 4) is 0 Å². The lowest BCUT2D eigenvalue weighted by Gasteiger charge is -2.01. The summed E-state index contributed by atoms with van der Waals surface area (Å²) in [5, 5.41) is 0.803. The van der Waals surface area contributed by atoms with E-state index in [9.17, 15) is 0 Å². The second-order valence-electron chi connectivity index (χ2n) is 3.00. The van der Waals surface area contributed by atoms with Gasteiger partial charge in [0.25, 0.3) is 0 Å². The minimum absolute atomic E-state index is 0.143. The number of aliphatic imine (C=N–C) groups is 1. The van der Waals surface area contributed by atoms with Crippen LogP contribution in [0.5, 0.6) is 0 Å². The highest BCUT2D eigenvalue weighted by molar-refractivity contribution is 6.31. The van der Waals surface area contributed by atoms with E-state index >= 15 is 0 Å². The fourth-order valence-electron chi connectivity index (χ4n) is 1.18. The highest BCUT2D eigenvalue weighted by Crippen LogP contribution is 2.16. The summed E-state index contributed by atoms with van der Waals surface area (Å²) in [5.74, 6) is 0.143. The standard InChI is InChI=1S/C10H14ClN3/c11-9-6-2-1-4-8(9)5-3-7-14-10(12)13/h1-2,4,6H,3,5,7H2,(H4,12,13,14). The van der Waals surface area contributed by atoms with E-state index in [0.29, 0.717) is 6.54 Å². The van der Waals surface area contributed by atoms with Crippen molar-refractivity contribution in [1.82, 2.24) is 0 Å². The van der Waals surface area contributed by atoms with E-state index in [-0.39, 0.29) is 5.96 Å². The Morgan fingerprint density at radius 1 is 1.29 bits per heavy atom. The number of hydrogen-bond acceptors (Lipinski definition) is 1. The fourth-order valence-corrected chi connectivity index (χ4v) is 1.41. The number of nitrogens with zero attached hydrogens (tertiary/aromatic N) is 1. The summed E-state index contributed by atoms with van der Waals surface area (Å²) >= 11 is 5.98. The summed E-state index contributed by atoms with van der Waals surface area (Å²) in [6, 6.07) is 7.79. The highest BCUT2D eigenvalue weighted by atomic mass is 35.5. The van der Waals surface area contributed by atoms with Gasteiger partial charge < -0.3 is 11.5 Å². The monoisotopic (exact) mass is 211 g/mol. The highest BCUT2D eigenvalue weighted by Gasteiger charge is 1.97. The van der Waals surface area contributed by atoms with Gasteiger partial charge in [0.2, 0.25) is 0 Å². The van der Waals surface area contributed by atoms with E-state index in [0.717, 1.165) is 23.4 Å². The molecule has 0 atom stereocenters. The summed E-state index contributed by atoms with van der Waals surface area (Å²) in [7, 11) is 0. The van der Waals surface area contributed by atoms with E-state index in [1.807, 2.05) is 24.3 Å². The molecule has 1 rings (SSSR count). The molecule has 0 amide bonds. The van der Waals surface area contributed by atoms with Gasteiger partial charge in [-0.25, -0.2) is 0 Å². The van der Waals surface area contributed by atoms with Crippen molar-refractivity contribution in [2.75, 3.05) is 6.54 Å². The molecule has 0 spiro atoms. The van der Waals surface area contributed by atoms with Crippen LogP contribution in [0.3, 0.4) is 0 Å². The Bertz CT molecular complexity index is 319. The molecule has 0 aromatic heterocycles. The summed E-state index contributed by atoms with van der Waals surface area (Å²) in [6.45, 7) is 0.646. The Morgan fingerprint density at radius 2 is 2.00 bits per heavy atom. The van der Waals surface area contributed by atoms with Gasteiger partial charge in [-0.1, -0.05) is 29.8 Å². The molecule has 0 unspecified atom stereocenters. The minimum Gasteiger partial charge on any atom is -0.370 e. The Labute approximate surface area is 88.8 Å². The first-order valence-corrected chi connectivity index (χ1v) is 4.87. The first-order chi connectivity index (χ1) is 6.70. The van der Waals surface area contributed by atoms with Crippen LogP contribution in [0.4, 0.5) is 0 Å². The lowest BCUT2D eigenvalue weighted by molar-refractivity contribution is 0.831. The van der Waals surface area contributed by atoms with Crippen LogP contribution in [-0.4, -0.2) is 12.5 Å². The van der Waals surface area contributed by atoms with Gasteiger partial charge in [0.05, 0.1) is 0 Å². The zero-order valence-corrected chi connectivity index (χ0v) is 8.67. The summed E-state index contributed by atoms with van der Waals surface area (Å²) in [4.78, 5) is 3.90. The van der Waals surface area contributed by atoms with Crippen molar-refractivity contribution >= 4 is 17.6 Å². The molecule has 3 nitrogen and oxygen atoms in total. The van der Waals surface area contributed by atoms with Crippen molar-refractivity contribution in [2.45, 2.75) is 12.8 Å². The molecule has 0 bridgehead atoms. The van der Waals surface area contributed by atoms with Crippen molar-refractivity contribution in [1.29, 1.82) is 0 Å². The number of aryl methyl sites for hydroxylation is 1. The van der Waals surface area contributed by atoms with Crippen LogP contribution >= 0.6 is 11.6 Å². The van der Waals surface area contributed by atoms with E-state index in [2.05, 4.69) is 4.99 Å². The first kappa shape index (κ1) is 10.9. The average molecular weight is 212 g/mol. The number of hydrogen-bond donors (Lipinski definition) is 2. The Kier molecular flexibility index (Phi) is 4.26. The van der Waals surface area contributed by atoms with Crippen molar-refractivity contribution in [3.63, 3.8) is 0 Å². The Balaban J connectivity index is 2.39. The summed E-state index contributed by atoms with van der Waals surface area (Å²) in [6.07, 6.45) is 1.80. The molecular weight excluding hydrogens is 198 g/mol. The van der Waals surface area contributed by atoms with Gasteiger partial charge >= 0.3 is 0 Å². The normalized spacial score (nSPS) is 9.79. The molecule has 1 aromatic carbocycles. The third-order valence-corrected chi connectivity index (χ3v) is 2.23. The molecule has 76 valence electrons. The lowest BCUT2D eigenvalue weighted by Crippen LogP contribution is -2.23. The molecule has 4 heteroatoms. The molecule has 0 saturated carbocycles. The smallest absolute Gasteiger partial charge is 0.185 e. The van der Waals surface area contributed by atoms with Gasteiger partial charge in [0.15, 0.2) is 5.96 Å². The van der Waals surface area contributed by atoms with Crippen LogP contribution in [0.25, 0.3) is 0 Å². The second-order valence-corrected chi connectivity index (χ2v) is 3.41. The van der Waals surface area contributed by atoms with Gasteiger partial charge in [-0.3, -0.25) is 4.99 Å². The van der Waals surface area contributed by atoms with Gasteiger partial charge in [0, 0.05) is 11.6 Å². The maximum atomic E-state index is 5.98. The molecule has 0 fully saturated rings. The Hall–Kier alpha value is -1.22. The van der Waals surface area contributed by atoms with Gasteiger partial charge in [-0.05, 0) is 24.5 Å². The maximum Gasteiger partial charge on any atom is 0.185 e. The average Bonchev–Trinajstić information content (AvgIpc) is 2.15. The molecule has 1 aromatic rings. The van der Waals surface area contributed by atoms with Crippen LogP contribution in [-0.2, 0) is 6.42 Å². The van der Waals surface area contributed by atoms with Gasteiger partial charge in [-0.15, -0.1) is 0 Å². The predicted molar refractivity (Wildman–Crippen MR) is 60.4 cm³/mol. The van der Waals surface area contributed by atoms with Crippen molar-refractivity contribution in [3.05, 3.63) is 34.9 Å². The number of rotatable bonds is 4. The van der Waals surface area contributed by atoms with Crippen LogP contribution in [0.15, 0.2) is 29.3 Å². The fraction of sp³-hybridized carbons (Fsp3) is 0.300. The number of guanidine groups is 1. The van der Waals surface area contributed by atoms with Crippen LogP contribution in [0, 0.1) is 0 Å². The Morgan fingerprint density at radius 3 is 2.64 bits per heavy atom. The number of benzene rings is 1. The maximum absolute atomic E-state index is 5.98. The van der Waals surface area contributed by atoms with Crippen LogP contribution in [0.2, 0.25) is 5.02 Å². The quantitative estimate of drug-likeness (QED) is 0.451. The zero-order valence-electron chi connectivity index (χ0n) is 7.91. The predicted octanol–water partition coefficient (Wildman–Crippen LogP) is 1.55. The molecule has 4 N–H and O–H groups in total. The number of nitrogens with two attached hydrogens (primary N) is 2.